The minimum absolute atomic E-state index is 0.423. The van der Waals surface area contributed by atoms with Crippen LogP contribution in [0.4, 0.5) is 0 Å². The van der Waals surface area contributed by atoms with Crippen LogP contribution in [-0.4, -0.2) is 21.2 Å². The second-order valence-electron chi connectivity index (χ2n) is 16.0. The summed E-state index contributed by atoms with van der Waals surface area (Å²) in [6, 6.07) is 73.0. The Balaban J connectivity index is 1.12. The average Bonchev–Trinajstić information content (AvgIpc) is 3.90. The van der Waals surface area contributed by atoms with Gasteiger partial charge in [0.05, 0.1) is 17.6 Å². The number of nitrogens with two attached hydrogens (primary N) is 1. The van der Waals surface area contributed by atoms with Crippen molar-refractivity contribution >= 4 is 33.5 Å². The summed E-state index contributed by atoms with van der Waals surface area (Å²) in [5.41, 5.74) is 24.7. The quantitative estimate of drug-likeness (QED) is 0.117. The SMILES string of the molecule is CCc1nc2ccccc2n1-c1ccc(-c2cc(-c3ccccc3)c3c(c2-c2ccc(C(N=C(N)c4ccccc4)=NCc4ccccc4)cc2)-c2cccc4cccc-3c24)cc1. The van der Waals surface area contributed by atoms with Crippen molar-refractivity contribution in [3.63, 3.8) is 0 Å². The van der Waals surface area contributed by atoms with E-state index in [1.54, 1.807) is 0 Å². The normalized spacial score (nSPS) is 12.3. The molecular formula is C58H43N5. The van der Waals surface area contributed by atoms with Crippen LogP contribution < -0.4 is 5.73 Å². The zero-order chi connectivity index (χ0) is 42.3. The molecule has 0 bridgehead atoms. The second-order valence-corrected chi connectivity index (χ2v) is 16.0. The number of amidine groups is 2. The fourth-order valence-corrected chi connectivity index (χ4v) is 9.27. The Morgan fingerprint density at radius 2 is 1.13 bits per heavy atom. The van der Waals surface area contributed by atoms with Crippen molar-refractivity contribution in [2.75, 3.05) is 0 Å². The molecule has 0 fully saturated rings. The Labute approximate surface area is 367 Å². The smallest absolute Gasteiger partial charge is 0.157 e. The van der Waals surface area contributed by atoms with E-state index in [1.807, 2.05) is 48.5 Å². The lowest BCUT2D eigenvalue weighted by molar-refractivity contribution is 0.908. The van der Waals surface area contributed by atoms with Gasteiger partial charge < -0.3 is 5.73 Å². The Kier molecular flexibility index (Phi) is 9.63. The molecule has 10 aromatic rings. The summed E-state index contributed by atoms with van der Waals surface area (Å²) in [4.78, 5) is 15.0. The third-order valence-electron chi connectivity index (χ3n) is 12.2. The number of hydrogen-bond acceptors (Lipinski definition) is 2. The Hall–Kier alpha value is -8.15. The summed E-state index contributed by atoms with van der Waals surface area (Å²) >= 11 is 0. The van der Waals surface area contributed by atoms with Gasteiger partial charge in [-0.25, -0.2) is 9.98 Å². The van der Waals surface area contributed by atoms with Crippen LogP contribution in [0, 0.1) is 0 Å². The summed E-state index contributed by atoms with van der Waals surface area (Å²) < 4.78 is 2.29. The lowest BCUT2D eigenvalue weighted by Gasteiger charge is -2.21. The van der Waals surface area contributed by atoms with Crippen LogP contribution in [0.25, 0.3) is 83.1 Å². The number of imidazole rings is 1. The molecule has 1 heterocycles. The maximum atomic E-state index is 6.66. The molecule has 0 radical (unpaired) electrons. The fourth-order valence-electron chi connectivity index (χ4n) is 9.27. The van der Waals surface area contributed by atoms with Crippen LogP contribution in [0.2, 0.25) is 0 Å². The molecule has 1 aliphatic rings. The van der Waals surface area contributed by atoms with E-state index in [0.29, 0.717) is 18.2 Å². The van der Waals surface area contributed by atoms with Gasteiger partial charge in [0.1, 0.15) is 11.7 Å². The highest BCUT2D eigenvalue weighted by molar-refractivity contribution is 6.23. The predicted molar refractivity (Wildman–Crippen MR) is 263 cm³/mol. The maximum absolute atomic E-state index is 6.66. The molecule has 0 atom stereocenters. The Morgan fingerprint density at radius 1 is 0.524 bits per heavy atom. The number of fused-ring (bicyclic) bond motifs is 4. The highest BCUT2D eigenvalue weighted by atomic mass is 15.1. The van der Waals surface area contributed by atoms with Crippen molar-refractivity contribution in [2.45, 2.75) is 19.9 Å². The van der Waals surface area contributed by atoms with Gasteiger partial charge in [-0.3, -0.25) is 9.56 Å². The van der Waals surface area contributed by atoms with E-state index in [0.717, 1.165) is 62.3 Å². The molecule has 1 aromatic heterocycles. The van der Waals surface area contributed by atoms with E-state index >= 15 is 0 Å². The third-order valence-corrected chi connectivity index (χ3v) is 12.2. The van der Waals surface area contributed by atoms with Gasteiger partial charge in [0.2, 0.25) is 0 Å². The van der Waals surface area contributed by atoms with Crippen molar-refractivity contribution in [3.8, 4) is 61.3 Å². The van der Waals surface area contributed by atoms with Crippen LogP contribution in [0.15, 0.2) is 216 Å². The van der Waals surface area contributed by atoms with E-state index in [4.69, 9.17) is 20.7 Å². The fraction of sp³-hybridized carbons (Fsp3) is 0.0517. The molecule has 0 unspecified atom stereocenters. The monoisotopic (exact) mass is 809 g/mol. The van der Waals surface area contributed by atoms with Gasteiger partial charge in [-0.15, -0.1) is 0 Å². The topological polar surface area (TPSA) is 68.6 Å². The Morgan fingerprint density at radius 3 is 1.84 bits per heavy atom. The van der Waals surface area contributed by atoms with Crippen LogP contribution in [0.5, 0.6) is 0 Å². The Bertz CT molecular complexity index is 3360. The molecule has 63 heavy (non-hydrogen) atoms. The second kappa shape index (κ2) is 16.0. The van der Waals surface area contributed by atoms with Crippen LogP contribution >= 0.6 is 0 Å². The minimum Gasteiger partial charge on any atom is -0.383 e. The van der Waals surface area contributed by atoms with Gasteiger partial charge >= 0.3 is 0 Å². The summed E-state index contributed by atoms with van der Waals surface area (Å²) in [7, 11) is 0. The minimum atomic E-state index is 0.423. The van der Waals surface area contributed by atoms with Crippen LogP contribution in [0.3, 0.4) is 0 Å². The zero-order valence-corrected chi connectivity index (χ0v) is 34.9. The molecule has 5 nitrogen and oxygen atoms in total. The van der Waals surface area contributed by atoms with Gasteiger partial charge in [0.15, 0.2) is 5.84 Å². The average molecular weight is 810 g/mol. The third kappa shape index (κ3) is 6.81. The molecule has 0 amide bonds. The summed E-state index contributed by atoms with van der Waals surface area (Å²) in [5, 5.41) is 2.53. The first-order valence-electron chi connectivity index (χ1n) is 21.6. The van der Waals surface area contributed by atoms with E-state index in [-0.39, 0.29) is 0 Å². The van der Waals surface area contributed by atoms with E-state index in [1.165, 1.54) is 49.7 Å². The highest BCUT2D eigenvalue weighted by Gasteiger charge is 2.30. The van der Waals surface area contributed by atoms with Crippen molar-refractivity contribution in [3.05, 3.63) is 229 Å². The van der Waals surface area contributed by atoms with Crippen molar-refractivity contribution in [2.24, 2.45) is 15.7 Å². The van der Waals surface area contributed by atoms with Crippen molar-refractivity contribution in [1.29, 1.82) is 0 Å². The number of hydrogen-bond donors (Lipinski definition) is 1. The first-order valence-corrected chi connectivity index (χ1v) is 21.6. The number of nitrogens with zero attached hydrogens (tertiary/aromatic N) is 4. The van der Waals surface area contributed by atoms with Crippen molar-refractivity contribution in [1.82, 2.24) is 9.55 Å². The van der Waals surface area contributed by atoms with Crippen molar-refractivity contribution < 1.29 is 0 Å². The number of para-hydroxylation sites is 2. The molecule has 0 spiro atoms. The summed E-state index contributed by atoms with van der Waals surface area (Å²) in [6.07, 6.45) is 0.830. The van der Waals surface area contributed by atoms with Gasteiger partial charge in [0, 0.05) is 23.2 Å². The summed E-state index contributed by atoms with van der Waals surface area (Å²) in [5.74, 6) is 2.05. The maximum Gasteiger partial charge on any atom is 0.157 e. The molecule has 2 N–H and O–H groups in total. The molecule has 0 aliphatic heterocycles. The molecule has 0 saturated carbocycles. The number of rotatable bonds is 9. The van der Waals surface area contributed by atoms with E-state index in [9.17, 15) is 0 Å². The molecule has 300 valence electrons. The zero-order valence-electron chi connectivity index (χ0n) is 34.9. The lowest BCUT2D eigenvalue weighted by atomic mass is 9.82. The van der Waals surface area contributed by atoms with E-state index in [2.05, 4.69) is 169 Å². The van der Waals surface area contributed by atoms with Gasteiger partial charge in [-0.1, -0.05) is 183 Å². The highest BCUT2D eigenvalue weighted by Crippen LogP contribution is 2.57. The number of aryl methyl sites for hydroxylation is 1. The number of aliphatic imine (C=N–C) groups is 2. The molecule has 1 aliphatic carbocycles. The first-order chi connectivity index (χ1) is 31.1. The standard InChI is InChI=1S/C58H43N5/c1-2-52-61-50-26-12-13-27-51(50)63(52)45-34-32-40(33-35-45)48-36-49(39-18-8-4-9-19-39)55-46-24-14-22-41-23-15-25-47(53(41)46)56(55)54(48)42-28-30-44(31-29-42)58(60-37-38-16-6-3-7-17-38)62-57(59)43-20-10-5-11-21-43/h3-36H,2,37H2,1H3,(H2,59,60,62). The van der Waals surface area contributed by atoms with Gasteiger partial charge in [-0.05, 0) is 102 Å². The molecular weight excluding hydrogens is 767 g/mol. The molecule has 11 rings (SSSR count). The lowest BCUT2D eigenvalue weighted by Crippen LogP contribution is -2.16. The predicted octanol–water partition coefficient (Wildman–Crippen LogP) is 13.7. The van der Waals surface area contributed by atoms with E-state index < -0.39 is 0 Å². The van der Waals surface area contributed by atoms with Gasteiger partial charge in [-0.2, -0.15) is 0 Å². The van der Waals surface area contributed by atoms with Crippen LogP contribution in [0.1, 0.15) is 29.4 Å². The molecule has 9 aromatic carbocycles. The van der Waals surface area contributed by atoms with Crippen LogP contribution in [-0.2, 0) is 13.0 Å². The number of aromatic nitrogens is 2. The summed E-state index contributed by atoms with van der Waals surface area (Å²) in [6.45, 7) is 2.65. The molecule has 0 saturated heterocycles. The first kappa shape index (κ1) is 37.8. The largest absolute Gasteiger partial charge is 0.383 e. The van der Waals surface area contributed by atoms with Gasteiger partial charge in [0.25, 0.3) is 0 Å². The number of benzene rings is 9. The molecule has 5 heteroatoms.